The van der Waals surface area contributed by atoms with E-state index in [1.165, 1.54) is 12.1 Å². The Balaban J connectivity index is 2.20. The molecule has 3 nitrogen and oxygen atoms in total. The number of nitrogens with one attached hydrogen (secondary N) is 1. The normalized spacial score (nSPS) is 13.0. The molecule has 0 aliphatic heterocycles. The van der Waals surface area contributed by atoms with Crippen LogP contribution in [0.25, 0.3) is 0 Å². The van der Waals surface area contributed by atoms with Gasteiger partial charge in [-0.2, -0.15) is 0 Å². The summed E-state index contributed by atoms with van der Waals surface area (Å²) < 4.78 is 49.5. The van der Waals surface area contributed by atoms with Crippen LogP contribution < -0.4 is 5.32 Å². The number of anilines is 1. The molecule has 1 N–H and O–H groups in total. The van der Waals surface area contributed by atoms with Gasteiger partial charge in [0, 0.05) is 17.5 Å². The number of rotatable bonds is 4. The molecule has 0 saturated heterocycles. The monoisotopic (exact) mass is 311 g/mol. The molecule has 0 aromatic heterocycles. The summed E-state index contributed by atoms with van der Waals surface area (Å²) in [5, 5.41) is 3.00. The van der Waals surface area contributed by atoms with Gasteiger partial charge in [0.15, 0.2) is 9.84 Å². The van der Waals surface area contributed by atoms with E-state index in [0.717, 1.165) is 24.5 Å². The van der Waals surface area contributed by atoms with Gasteiger partial charge in [0.25, 0.3) is 0 Å². The summed E-state index contributed by atoms with van der Waals surface area (Å²) in [5.74, 6) is -1.00. The van der Waals surface area contributed by atoms with Crippen LogP contribution in [0.15, 0.2) is 47.4 Å². The molecule has 112 valence electrons. The highest BCUT2D eigenvalue weighted by Crippen LogP contribution is 2.23. The maximum Gasteiger partial charge on any atom is 0.175 e. The van der Waals surface area contributed by atoms with E-state index in [1.54, 1.807) is 19.1 Å². The summed E-state index contributed by atoms with van der Waals surface area (Å²) in [6.45, 7) is 1.70. The van der Waals surface area contributed by atoms with E-state index in [1.807, 2.05) is 0 Å². The first-order chi connectivity index (χ1) is 9.77. The second kappa shape index (κ2) is 5.81. The molecule has 0 amide bonds. The Hall–Kier alpha value is -1.95. The van der Waals surface area contributed by atoms with Crippen LogP contribution in [0, 0.1) is 11.6 Å². The van der Waals surface area contributed by atoms with Gasteiger partial charge < -0.3 is 5.32 Å². The Morgan fingerprint density at radius 1 is 1.05 bits per heavy atom. The quantitative estimate of drug-likeness (QED) is 0.939. The first-order valence-electron chi connectivity index (χ1n) is 6.29. The third-order valence-electron chi connectivity index (χ3n) is 3.09. The molecule has 2 aromatic rings. The van der Waals surface area contributed by atoms with Crippen LogP contribution in [0.1, 0.15) is 18.5 Å². The first kappa shape index (κ1) is 15.4. The van der Waals surface area contributed by atoms with Crippen molar-refractivity contribution in [3.05, 3.63) is 59.7 Å². The van der Waals surface area contributed by atoms with Crippen LogP contribution in [0.4, 0.5) is 14.5 Å². The van der Waals surface area contributed by atoms with E-state index in [4.69, 9.17) is 0 Å². The molecule has 0 radical (unpaired) electrons. The molecule has 0 bridgehead atoms. The average Bonchev–Trinajstić information content (AvgIpc) is 2.41. The van der Waals surface area contributed by atoms with Crippen molar-refractivity contribution in [1.82, 2.24) is 0 Å². The van der Waals surface area contributed by atoms with Gasteiger partial charge in [-0.1, -0.05) is 0 Å². The van der Waals surface area contributed by atoms with Gasteiger partial charge in [-0.25, -0.2) is 17.2 Å². The number of benzene rings is 2. The predicted molar refractivity (Wildman–Crippen MR) is 77.9 cm³/mol. The minimum Gasteiger partial charge on any atom is -0.378 e. The van der Waals surface area contributed by atoms with Gasteiger partial charge in [0.05, 0.1) is 10.9 Å². The zero-order chi connectivity index (χ0) is 15.6. The second-order valence-electron chi connectivity index (χ2n) is 4.83. The number of hydrogen-bond donors (Lipinski definition) is 1. The second-order valence-corrected chi connectivity index (χ2v) is 6.84. The van der Waals surface area contributed by atoms with Gasteiger partial charge in [0.1, 0.15) is 11.6 Å². The summed E-state index contributed by atoms with van der Waals surface area (Å²) in [4.78, 5) is 0.206. The molecule has 0 heterocycles. The van der Waals surface area contributed by atoms with Crippen molar-refractivity contribution < 1.29 is 17.2 Å². The minimum absolute atomic E-state index is 0.206. The Morgan fingerprint density at radius 2 is 1.67 bits per heavy atom. The highest BCUT2D eigenvalue weighted by molar-refractivity contribution is 7.90. The van der Waals surface area contributed by atoms with Crippen molar-refractivity contribution in [1.29, 1.82) is 0 Å². The SMILES string of the molecule is CC(Nc1ccc(S(C)(=O)=O)cc1)c1cc(F)ccc1F. The molecule has 1 unspecified atom stereocenters. The van der Waals surface area contributed by atoms with E-state index < -0.39 is 27.5 Å². The largest absolute Gasteiger partial charge is 0.378 e. The molecule has 0 fully saturated rings. The summed E-state index contributed by atoms with van der Waals surface area (Å²) in [6.07, 6.45) is 1.13. The van der Waals surface area contributed by atoms with Crippen LogP contribution >= 0.6 is 0 Å². The van der Waals surface area contributed by atoms with Gasteiger partial charge in [-0.3, -0.25) is 0 Å². The molecule has 2 aromatic carbocycles. The maximum absolute atomic E-state index is 13.7. The van der Waals surface area contributed by atoms with E-state index in [2.05, 4.69) is 5.32 Å². The molecule has 21 heavy (non-hydrogen) atoms. The Kier molecular flexibility index (Phi) is 4.27. The molecule has 2 rings (SSSR count). The highest BCUT2D eigenvalue weighted by Gasteiger charge is 2.12. The van der Waals surface area contributed by atoms with Crippen LogP contribution in [-0.4, -0.2) is 14.7 Å². The van der Waals surface area contributed by atoms with Gasteiger partial charge in [-0.15, -0.1) is 0 Å². The Morgan fingerprint density at radius 3 is 2.24 bits per heavy atom. The lowest BCUT2D eigenvalue weighted by molar-refractivity contribution is 0.577. The molecule has 6 heteroatoms. The summed E-state index contributed by atoms with van der Waals surface area (Å²) >= 11 is 0. The number of halogens is 2. The van der Waals surface area contributed by atoms with E-state index in [0.29, 0.717) is 5.69 Å². The standard InChI is InChI=1S/C15H15F2NO2S/c1-10(14-9-11(16)3-8-15(14)17)18-12-4-6-13(7-5-12)21(2,19)20/h3-10,18H,1-2H3. The van der Waals surface area contributed by atoms with Crippen molar-refractivity contribution in [2.75, 3.05) is 11.6 Å². The summed E-state index contributed by atoms with van der Waals surface area (Å²) in [5.41, 5.74) is 0.834. The Labute approximate surface area is 122 Å². The summed E-state index contributed by atoms with van der Waals surface area (Å²) in [6, 6.07) is 8.93. The zero-order valence-corrected chi connectivity index (χ0v) is 12.4. The van der Waals surface area contributed by atoms with Crippen molar-refractivity contribution in [2.45, 2.75) is 17.9 Å². The van der Waals surface area contributed by atoms with Crippen molar-refractivity contribution in [3.63, 3.8) is 0 Å². The van der Waals surface area contributed by atoms with Gasteiger partial charge in [0.2, 0.25) is 0 Å². The molecular formula is C15H15F2NO2S. The third-order valence-corrected chi connectivity index (χ3v) is 4.22. The maximum atomic E-state index is 13.7. The van der Waals surface area contributed by atoms with Crippen LogP contribution in [-0.2, 0) is 9.84 Å². The first-order valence-corrected chi connectivity index (χ1v) is 8.18. The highest BCUT2D eigenvalue weighted by atomic mass is 32.2. The lowest BCUT2D eigenvalue weighted by Gasteiger charge is -2.16. The minimum atomic E-state index is -3.25. The van der Waals surface area contributed by atoms with Crippen LogP contribution in [0.5, 0.6) is 0 Å². The van der Waals surface area contributed by atoms with Crippen molar-refractivity contribution >= 4 is 15.5 Å². The molecule has 0 aliphatic carbocycles. The fraction of sp³-hybridized carbons (Fsp3) is 0.200. The van der Waals surface area contributed by atoms with Crippen molar-refractivity contribution in [3.8, 4) is 0 Å². The van der Waals surface area contributed by atoms with Crippen LogP contribution in [0.2, 0.25) is 0 Å². The average molecular weight is 311 g/mol. The fourth-order valence-electron chi connectivity index (χ4n) is 1.97. The molecule has 1 atom stereocenters. The Bertz CT molecular complexity index is 743. The van der Waals surface area contributed by atoms with Gasteiger partial charge in [-0.05, 0) is 49.4 Å². The lowest BCUT2D eigenvalue weighted by atomic mass is 10.1. The molecule has 0 aliphatic rings. The summed E-state index contributed by atoms with van der Waals surface area (Å²) in [7, 11) is -3.25. The zero-order valence-electron chi connectivity index (χ0n) is 11.6. The third kappa shape index (κ3) is 3.78. The van der Waals surface area contributed by atoms with Crippen LogP contribution in [0.3, 0.4) is 0 Å². The molecule has 0 saturated carbocycles. The van der Waals surface area contributed by atoms with E-state index in [9.17, 15) is 17.2 Å². The smallest absolute Gasteiger partial charge is 0.175 e. The fourth-order valence-corrected chi connectivity index (χ4v) is 2.60. The number of sulfone groups is 1. The molecule has 0 spiro atoms. The van der Waals surface area contributed by atoms with Gasteiger partial charge >= 0.3 is 0 Å². The van der Waals surface area contributed by atoms with E-state index >= 15 is 0 Å². The topological polar surface area (TPSA) is 46.2 Å². The lowest BCUT2D eigenvalue weighted by Crippen LogP contribution is -2.09. The predicted octanol–water partition coefficient (Wildman–Crippen LogP) is 3.54. The molecular weight excluding hydrogens is 296 g/mol. The van der Waals surface area contributed by atoms with Crippen molar-refractivity contribution in [2.24, 2.45) is 0 Å². The van der Waals surface area contributed by atoms with E-state index in [-0.39, 0.29) is 10.5 Å². The number of hydrogen-bond acceptors (Lipinski definition) is 3.